The van der Waals surface area contributed by atoms with E-state index in [0.717, 1.165) is 11.3 Å². The molecule has 102 valence electrons. The van der Waals surface area contributed by atoms with Crippen LogP contribution in [0.4, 0.5) is 17.1 Å². The smallest absolute Gasteiger partial charge is 0.293 e. The van der Waals surface area contributed by atoms with Gasteiger partial charge in [-0.15, -0.1) is 0 Å². The van der Waals surface area contributed by atoms with Gasteiger partial charge in [-0.3, -0.25) is 14.9 Å². The summed E-state index contributed by atoms with van der Waals surface area (Å²) in [5.41, 5.74) is 2.56. The quantitative estimate of drug-likeness (QED) is 0.484. The van der Waals surface area contributed by atoms with Crippen LogP contribution < -0.4 is 4.90 Å². The number of nitro benzene ring substituents is 1. The number of para-hydroxylation sites is 1. The van der Waals surface area contributed by atoms with Gasteiger partial charge in [-0.25, -0.2) is 0 Å². The first kappa shape index (κ1) is 13.7. The molecule has 0 radical (unpaired) electrons. The van der Waals surface area contributed by atoms with Gasteiger partial charge in [0.05, 0.1) is 4.92 Å². The van der Waals surface area contributed by atoms with E-state index in [1.165, 1.54) is 6.07 Å². The van der Waals surface area contributed by atoms with Crippen molar-refractivity contribution in [2.75, 3.05) is 11.9 Å². The molecule has 0 unspecified atom stereocenters. The Balaban J connectivity index is 2.55. The molecule has 0 atom stereocenters. The van der Waals surface area contributed by atoms with Gasteiger partial charge in [-0.05, 0) is 30.7 Å². The van der Waals surface area contributed by atoms with Crippen molar-refractivity contribution >= 4 is 23.3 Å². The molecule has 2 aromatic rings. The summed E-state index contributed by atoms with van der Waals surface area (Å²) in [7, 11) is 1.77. The Morgan fingerprint density at radius 3 is 2.45 bits per heavy atom. The van der Waals surface area contributed by atoms with E-state index in [0.29, 0.717) is 17.5 Å². The zero-order valence-corrected chi connectivity index (χ0v) is 11.2. The Kier molecular flexibility index (Phi) is 3.79. The highest BCUT2D eigenvalue weighted by Crippen LogP contribution is 2.34. The third-order valence-electron chi connectivity index (χ3n) is 3.17. The van der Waals surface area contributed by atoms with Crippen molar-refractivity contribution in [2.45, 2.75) is 6.92 Å². The first-order valence-corrected chi connectivity index (χ1v) is 6.07. The number of carbonyl (C=O) groups excluding carboxylic acids is 1. The van der Waals surface area contributed by atoms with E-state index in [2.05, 4.69) is 0 Å². The lowest BCUT2D eigenvalue weighted by atomic mass is 10.1. The summed E-state index contributed by atoms with van der Waals surface area (Å²) in [5, 5.41) is 11.2. The van der Waals surface area contributed by atoms with Gasteiger partial charge in [0, 0.05) is 24.4 Å². The Bertz CT molecular complexity index is 668. The molecule has 20 heavy (non-hydrogen) atoms. The summed E-state index contributed by atoms with van der Waals surface area (Å²) in [5.74, 6) is 0. The molecule has 2 aromatic carbocycles. The van der Waals surface area contributed by atoms with E-state index in [9.17, 15) is 14.9 Å². The molecule has 2 rings (SSSR count). The summed E-state index contributed by atoms with van der Waals surface area (Å²) in [6.07, 6.45) is 0.602. The number of aryl methyl sites for hydroxylation is 1. The summed E-state index contributed by atoms with van der Waals surface area (Å²) in [6, 6.07) is 12.1. The van der Waals surface area contributed by atoms with Crippen LogP contribution in [0.2, 0.25) is 0 Å². The molecular weight excluding hydrogens is 256 g/mol. The van der Waals surface area contributed by atoms with E-state index in [-0.39, 0.29) is 5.69 Å². The zero-order valence-electron chi connectivity index (χ0n) is 11.2. The molecule has 0 amide bonds. The maximum atomic E-state index is 11.2. The monoisotopic (exact) mass is 270 g/mol. The van der Waals surface area contributed by atoms with Crippen molar-refractivity contribution in [2.24, 2.45) is 0 Å². The highest BCUT2D eigenvalue weighted by molar-refractivity contribution is 5.81. The van der Waals surface area contributed by atoms with Gasteiger partial charge >= 0.3 is 0 Å². The van der Waals surface area contributed by atoms with Crippen molar-refractivity contribution in [1.29, 1.82) is 0 Å². The van der Waals surface area contributed by atoms with Crippen LogP contribution in [-0.2, 0) is 0 Å². The minimum absolute atomic E-state index is 0.0830. The second kappa shape index (κ2) is 5.52. The van der Waals surface area contributed by atoms with Crippen LogP contribution in [0.15, 0.2) is 42.5 Å². The molecule has 0 aliphatic heterocycles. The average Bonchev–Trinajstić information content (AvgIpc) is 2.46. The average molecular weight is 270 g/mol. The Labute approximate surface area is 116 Å². The van der Waals surface area contributed by atoms with Gasteiger partial charge in [-0.2, -0.15) is 0 Å². The third-order valence-corrected chi connectivity index (χ3v) is 3.17. The summed E-state index contributed by atoms with van der Waals surface area (Å²) >= 11 is 0. The fourth-order valence-corrected chi connectivity index (χ4v) is 2.11. The zero-order chi connectivity index (χ0) is 14.7. The summed E-state index contributed by atoms with van der Waals surface area (Å²) < 4.78 is 0. The molecule has 5 nitrogen and oxygen atoms in total. The molecule has 0 aliphatic rings. The van der Waals surface area contributed by atoms with Gasteiger partial charge in [0.2, 0.25) is 0 Å². The Hall–Kier alpha value is -2.69. The minimum Gasteiger partial charge on any atom is -0.339 e. The number of hydrogen-bond acceptors (Lipinski definition) is 4. The Morgan fingerprint density at radius 1 is 1.15 bits per heavy atom. The molecule has 0 aliphatic carbocycles. The van der Waals surface area contributed by atoms with Crippen LogP contribution >= 0.6 is 0 Å². The van der Waals surface area contributed by atoms with Gasteiger partial charge in [0.1, 0.15) is 12.0 Å². The fraction of sp³-hybridized carbons (Fsp3) is 0.133. The first-order chi connectivity index (χ1) is 9.54. The molecule has 5 heteroatoms. The van der Waals surface area contributed by atoms with Gasteiger partial charge in [-0.1, -0.05) is 18.2 Å². The van der Waals surface area contributed by atoms with Crippen LogP contribution in [0.25, 0.3) is 0 Å². The highest BCUT2D eigenvalue weighted by atomic mass is 16.6. The van der Waals surface area contributed by atoms with Crippen molar-refractivity contribution < 1.29 is 9.72 Å². The van der Waals surface area contributed by atoms with Crippen LogP contribution in [0.5, 0.6) is 0 Å². The van der Waals surface area contributed by atoms with Crippen LogP contribution in [0, 0.1) is 17.0 Å². The number of hydrogen-bond donors (Lipinski definition) is 0. The third kappa shape index (κ3) is 2.51. The molecular formula is C15H14N2O3. The lowest BCUT2D eigenvalue weighted by molar-refractivity contribution is -0.384. The number of carbonyl (C=O) groups is 1. The fourth-order valence-electron chi connectivity index (χ4n) is 2.11. The normalized spacial score (nSPS) is 10.1. The number of rotatable bonds is 4. The van der Waals surface area contributed by atoms with E-state index in [4.69, 9.17) is 0 Å². The van der Waals surface area contributed by atoms with E-state index >= 15 is 0 Å². The summed E-state index contributed by atoms with van der Waals surface area (Å²) in [4.78, 5) is 23.2. The molecule has 0 saturated carbocycles. The van der Waals surface area contributed by atoms with Gasteiger partial charge in [0.25, 0.3) is 5.69 Å². The molecule has 0 spiro atoms. The van der Waals surface area contributed by atoms with Crippen LogP contribution in [-0.4, -0.2) is 18.3 Å². The van der Waals surface area contributed by atoms with Crippen molar-refractivity contribution in [1.82, 2.24) is 0 Å². The molecule has 0 bridgehead atoms. The minimum atomic E-state index is -0.475. The SMILES string of the molecule is Cc1ccccc1N(C)c1ccc(C=O)cc1[N+](=O)[O-]. The number of anilines is 2. The molecule has 0 heterocycles. The maximum Gasteiger partial charge on any atom is 0.293 e. The summed E-state index contributed by atoms with van der Waals surface area (Å²) in [6.45, 7) is 1.94. The number of nitrogens with zero attached hydrogens (tertiary/aromatic N) is 2. The van der Waals surface area contributed by atoms with Crippen molar-refractivity contribution in [3.05, 3.63) is 63.7 Å². The number of aldehydes is 1. The van der Waals surface area contributed by atoms with Gasteiger partial charge < -0.3 is 4.90 Å². The first-order valence-electron chi connectivity index (χ1n) is 6.07. The lowest BCUT2D eigenvalue weighted by Crippen LogP contribution is -2.13. The molecule has 0 aromatic heterocycles. The van der Waals surface area contributed by atoms with Crippen LogP contribution in [0.3, 0.4) is 0 Å². The standard InChI is InChI=1S/C15H14N2O3/c1-11-5-3-4-6-13(11)16(2)14-8-7-12(10-18)9-15(14)17(19)20/h3-10H,1-2H3. The van der Waals surface area contributed by atoms with E-state index in [1.807, 2.05) is 31.2 Å². The maximum absolute atomic E-state index is 11.2. The van der Waals surface area contributed by atoms with Crippen molar-refractivity contribution in [3.8, 4) is 0 Å². The number of benzene rings is 2. The predicted molar refractivity (Wildman–Crippen MR) is 77.7 cm³/mol. The van der Waals surface area contributed by atoms with E-state index < -0.39 is 4.92 Å². The molecule has 0 saturated heterocycles. The largest absolute Gasteiger partial charge is 0.339 e. The topological polar surface area (TPSA) is 63.5 Å². The number of nitro groups is 1. The second-order valence-electron chi connectivity index (χ2n) is 4.47. The molecule has 0 fully saturated rings. The predicted octanol–water partition coefficient (Wildman–Crippen LogP) is 3.48. The Morgan fingerprint density at radius 2 is 1.85 bits per heavy atom. The van der Waals surface area contributed by atoms with Crippen molar-refractivity contribution in [3.63, 3.8) is 0 Å². The lowest BCUT2D eigenvalue weighted by Gasteiger charge is -2.21. The highest BCUT2D eigenvalue weighted by Gasteiger charge is 2.19. The van der Waals surface area contributed by atoms with Crippen LogP contribution in [0.1, 0.15) is 15.9 Å². The second-order valence-corrected chi connectivity index (χ2v) is 4.47. The molecule has 0 N–H and O–H groups in total. The van der Waals surface area contributed by atoms with Gasteiger partial charge in [0.15, 0.2) is 0 Å². The van der Waals surface area contributed by atoms with E-state index in [1.54, 1.807) is 24.1 Å².